The molecule has 0 saturated carbocycles. The van der Waals surface area contributed by atoms with Gasteiger partial charge in [-0.05, 0) is 60.9 Å². The maximum atomic E-state index is 12.8. The number of aliphatic hydroxyl groups excluding tert-OH is 1. The number of aryl methyl sites for hydroxylation is 1. The fraction of sp³-hybridized carbons (Fsp3) is 0.567. The molecule has 214 valence electrons. The number of rotatable bonds is 15. The standard InChI is InChI=1S/C30H43N3O6/c1-4-5-6-7-25(35)17-26(39-20(2)34)9-8-21-13-24(30(37)27(14-21)38-3)19-33-18-23(16-29(33)36)12-22-10-11-32-28(31)15-22/h10-11,13-15,23,25-26,35,37H,4-9,12,16-19H2,1-3H3,(H2,31,32). The highest BCUT2D eigenvalue weighted by molar-refractivity contribution is 5.78. The van der Waals surface area contributed by atoms with Crippen molar-refractivity contribution in [2.75, 3.05) is 19.4 Å². The van der Waals surface area contributed by atoms with Gasteiger partial charge in [-0.1, -0.05) is 32.3 Å². The Morgan fingerprint density at radius 1 is 1.23 bits per heavy atom. The Balaban J connectivity index is 1.66. The van der Waals surface area contributed by atoms with E-state index in [1.54, 1.807) is 17.2 Å². The Hall–Kier alpha value is -3.33. The summed E-state index contributed by atoms with van der Waals surface area (Å²) >= 11 is 0. The third-order valence-electron chi connectivity index (χ3n) is 7.22. The normalized spacial score (nSPS) is 16.8. The molecular formula is C30H43N3O6. The highest BCUT2D eigenvalue weighted by Crippen LogP contribution is 2.35. The van der Waals surface area contributed by atoms with Crippen molar-refractivity contribution in [1.29, 1.82) is 0 Å². The van der Waals surface area contributed by atoms with Gasteiger partial charge in [0, 0.05) is 44.6 Å². The number of likely N-dealkylation sites (tertiary alicyclic amines) is 1. The fourth-order valence-electron chi connectivity index (χ4n) is 5.29. The van der Waals surface area contributed by atoms with Crippen LogP contribution in [0.2, 0.25) is 0 Å². The van der Waals surface area contributed by atoms with E-state index in [0.717, 1.165) is 36.8 Å². The number of phenolic OH excluding ortho intramolecular Hbond substituents is 1. The number of nitrogen functional groups attached to an aromatic ring is 1. The van der Waals surface area contributed by atoms with Gasteiger partial charge in [-0.15, -0.1) is 0 Å². The van der Waals surface area contributed by atoms with Crippen molar-refractivity contribution in [2.45, 2.75) is 90.4 Å². The minimum atomic E-state index is -0.525. The molecule has 1 aliphatic rings. The first-order valence-electron chi connectivity index (χ1n) is 13.9. The number of phenols is 1. The zero-order valence-electron chi connectivity index (χ0n) is 23.4. The smallest absolute Gasteiger partial charge is 0.302 e. The van der Waals surface area contributed by atoms with Gasteiger partial charge in [0.05, 0.1) is 13.2 Å². The van der Waals surface area contributed by atoms with Gasteiger partial charge in [0.25, 0.3) is 0 Å². The molecule has 1 aliphatic heterocycles. The Morgan fingerprint density at radius 3 is 2.72 bits per heavy atom. The molecule has 1 amide bonds. The molecule has 4 N–H and O–H groups in total. The largest absolute Gasteiger partial charge is 0.504 e. The number of carbonyl (C=O) groups is 2. The number of aliphatic hydroxyl groups is 1. The molecule has 9 nitrogen and oxygen atoms in total. The summed E-state index contributed by atoms with van der Waals surface area (Å²) in [6.45, 7) is 4.35. The molecule has 3 rings (SSSR count). The average molecular weight is 542 g/mol. The van der Waals surface area contributed by atoms with Crippen LogP contribution >= 0.6 is 0 Å². The zero-order chi connectivity index (χ0) is 28.4. The summed E-state index contributed by atoms with van der Waals surface area (Å²) in [7, 11) is 1.49. The maximum absolute atomic E-state index is 12.8. The van der Waals surface area contributed by atoms with Crippen LogP contribution in [0.1, 0.15) is 75.5 Å². The number of anilines is 1. The van der Waals surface area contributed by atoms with E-state index in [4.69, 9.17) is 15.2 Å². The van der Waals surface area contributed by atoms with Gasteiger partial charge in [-0.25, -0.2) is 4.98 Å². The fourth-order valence-corrected chi connectivity index (χ4v) is 5.29. The van der Waals surface area contributed by atoms with Crippen LogP contribution < -0.4 is 10.5 Å². The summed E-state index contributed by atoms with van der Waals surface area (Å²) in [6, 6.07) is 7.39. The van der Waals surface area contributed by atoms with Gasteiger partial charge in [0.15, 0.2) is 11.5 Å². The zero-order valence-corrected chi connectivity index (χ0v) is 23.4. The minimum Gasteiger partial charge on any atom is -0.504 e. The van der Waals surface area contributed by atoms with Crippen molar-refractivity contribution in [3.8, 4) is 11.5 Å². The van der Waals surface area contributed by atoms with Crippen molar-refractivity contribution in [1.82, 2.24) is 9.88 Å². The Morgan fingerprint density at radius 2 is 2.03 bits per heavy atom. The Bertz CT molecular complexity index is 1110. The number of ether oxygens (including phenoxy) is 2. The van der Waals surface area contributed by atoms with Crippen LogP contribution in [-0.2, 0) is 33.7 Å². The second-order valence-electron chi connectivity index (χ2n) is 10.6. The molecule has 1 aromatic carbocycles. The summed E-state index contributed by atoms with van der Waals surface area (Å²) in [4.78, 5) is 30.3. The number of methoxy groups -OCH3 is 1. The Labute approximate surface area is 231 Å². The van der Waals surface area contributed by atoms with Crippen molar-refractivity contribution in [3.63, 3.8) is 0 Å². The van der Waals surface area contributed by atoms with Crippen LogP contribution in [0, 0.1) is 5.92 Å². The number of benzene rings is 1. The first-order chi connectivity index (χ1) is 18.7. The van der Waals surface area contributed by atoms with Gasteiger partial charge in [-0.3, -0.25) is 9.59 Å². The SMILES string of the molecule is CCCCCC(O)CC(CCc1cc(CN2CC(Cc3ccnc(N)c3)CC2=O)c(O)c(OC)c1)OC(C)=O. The molecule has 0 radical (unpaired) electrons. The molecule has 9 heteroatoms. The van der Waals surface area contributed by atoms with Gasteiger partial charge in [-0.2, -0.15) is 0 Å². The molecule has 3 unspecified atom stereocenters. The Kier molecular flexibility index (Phi) is 11.4. The molecule has 2 aromatic rings. The number of pyridine rings is 1. The number of nitrogens with zero attached hydrogens (tertiary/aromatic N) is 2. The van der Waals surface area contributed by atoms with Crippen LogP contribution in [0.4, 0.5) is 5.82 Å². The minimum absolute atomic E-state index is 0.0160. The van der Waals surface area contributed by atoms with E-state index in [1.165, 1.54) is 14.0 Å². The molecule has 1 aromatic heterocycles. The van der Waals surface area contributed by atoms with Crippen LogP contribution in [-0.4, -0.2) is 57.8 Å². The average Bonchev–Trinajstić information content (AvgIpc) is 3.22. The van der Waals surface area contributed by atoms with Crippen molar-refractivity contribution in [3.05, 3.63) is 47.2 Å². The van der Waals surface area contributed by atoms with Gasteiger partial charge < -0.3 is 30.3 Å². The lowest BCUT2D eigenvalue weighted by Crippen LogP contribution is -2.25. The number of aromatic nitrogens is 1. The number of hydrogen-bond donors (Lipinski definition) is 3. The van der Waals surface area contributed by atoms with E-state index in [2.05, 4.69) is 11.9 Å². The summed E-state index contributed by atoms with van der Waals surface area (Å²) in [5.41, 5.74) is 8.35. The molecule has 39 heavy (non-hydrogen) atoms. The molecule has 1 saturated heterocycles. The summed E-state index contributed by atoms with van der Waals surface area (Å²) < 4.78 is 10.9. The number of amides is 1. The second-order valence-corrected chi connectivity index (χ2v) is 10.6. The number of hydrogen-bond acceptors (Lipinski definition) is 8. The van der Waals surface area contributed by atoms with Crippen molar-refractivity contribution in [2.24, 2.45) is 5.92 Å². The van der Waals surface area contributed by atoms with Gasteiger partial charge >= 0.3 is 5.97 Å². The number of carbonyl (C=O) groups excluding carboxylic acids is 2. The molecule has 0 bridgehead atoms. The highest BCUT2D eigenvalue weighted by Gasteiger charge is 2.30. The van der Waals surface area contributed by atoms with Crippen molar-refractivity contribution >= 4 is 17.7 Å². The van der Waals surface area contributed by atoms with Crippen LogP contribution in [0.15, 0.2) is 30.5 Å². The lowest BCUT2D eigenvalue weighted by atomic mass is 9.98. The third-order valence-corrected chi connectivity index (χ3v) is 7.22. The predicted octanol–water partition coefficient (Wildman–Crippen LogP) is 4.16. The van der Waals surface area contributed by atoms with Crippen LogP contribution in [0.3, 0.4) is 0 Å². The lowest BCUT2D eigenvalue weighted by Gasteiger charge is -2.22. The molecule has 3 atom stereocenters. The first kappa shape index (κ1) is 30.2. The number of aromatic hydroxyl groups is 1. The predicted molar refractivity (Wildman–Crippen MR) is 149 cm³/mol. The molecule has 0 aliphatic carbocycles. The summed E-state index contributed by atoms with van der Waals surface area (Å²) in [5.74, 6) is 0.632. The third kappa shape index (κ3) is 9.42. The first-order valence-corrected chi connectivity index (χ1v) is 13.9. The van der Waals surface area contributed by atoms with Crippen LogP contribution in [0.25, 0.3) is 0 Å². The topological polar surface area (TPSA) is 135 Å². The van der Waals surface area contributed by atoms with E-state index >= 15 is 0 Å². The highest BCUT2D eigenvalue weighted by atomic mass is 16.5. The van der Waals surface area contributed by atoms with Gasteiger partial charge in [0.1, 0.15) is 11.9 Å². The van der Waals surface area contributed by atoms with Crippen LogP contribution in [0.5, 0.6) is 11.5 Å². The molecule has 0 spiro atoms. The molecular weight excluding hydrogens is 498 g/mol. The van der Waals surface area contributed by atoms with Crippen molar-refractivity contribution < 1.29 is 29.3 Å². The summed E-state index contributed by atoms with van der Waals surface area (Å²) in [6.07, 6.45) is 7.13. The molecule has 2 heterocycles. The lowest BCUT2D eigenvalue weighted by molar-refractivity contribution is -0.148. The van der Waals surface area contributed by atoms with E-state index in [0.29, 0.717) is 55.8 Å². The number of unbranched alkanes of at least 4 members (excludes halogenated alkanes) is 2. The van der Waals surface area contributed by atoms with E-state index in [-0.39, 0.29) is 30.1 Å². The maximum Gasteiger partial charge on any atom is 0.302 e. The summed E-state index contributed by atoms with van der Waals surface area (Å²) in [5, 5.41) is 21.3. The van der Waals surface area contributed by atoms with E-state index in [1.807, 2.05) is 18.2 Å². The second kappa shape index (κ2) is 14.7. The molecule has 1 fully saturated rings. The van der Waals surface area contributed by atoms with E-state index in [9.17, 15) is 19.8 Å². The van der Waals surface area contributed by atoms with Gasteiger partial charge in [0.2, 0.25) is 5.91 Å². The monoisotopic (exact) mass is 541 g/mol. The quantitative estimate of drug-likeness (QED) is 0.226. The number of nitrogens with two attached hydrogens (primary N) is 1. The van der Waals surface area contributed by atoms with E-state index < -0.39 is 12.2 Å². The number of esters is 1.